The Morgan fingerprint density at radius 1 is 0.416 bits per heavy atom. The van der Waals surface area contributed by atoms with Crippen molar-refractivity contribution in [2.75, 3.05) is 54.5 Å². The number of aldehydes is 1. The number of carboxylic acid groups (broad SMARTS) is 1. The number of methoxy groups -OCH3 is 3. The van der Waals surface area contributed by atoms with E-state index in [9.17, 15) is 56.1 Å². The lowest BCUT2D eigenvalue weighted by Gasteiger charge is -2.44. The predicted octanol–water partition coefficient (Wildman–Crippen LogP) is 16.4. The van der Waals surface area contributed by atoms with Gasteiger partial charge in [-0.2, -0.15) is 0 Å². The van der Waals surface area contributed by atoms with Gasteiger partial charge in [0.1, 0.15) is 63.5 Å². The zero-order valence-electron chi connectivity index (χ0n) is 63.6. The lowest BCUT2D eigenvalue weighted by Crippen LogP contribution is -2.48. The second kappa shape index (κ2) is 35.8. The molecule has 29 heteroatoms. The van der Waals surface area contributed by atoms with Gasteiger partial charge in [-0.05, 0) is 246 Å². The van der Waals surface area contributed by atoms with Gasteiger partial charge in [0.25, 0.3) is 0 Å². The Bertz CT molecular complexity index is 4800. The van der Waals surface area contributed by atoms with E-state index >= 15 is 26.3 Å². The molecule has 0 saturated heterocycles. The Balaban J connectivity index is 0.000000177. The van der Waals surface area contributed by atoms with E-state index in [1.165, 1.54) is 93.2 Å². The molecule has 0 spiro atoms. The minimum atomic E-state index is -1.65. The first-order valence-electron chi connectivity index (χ1n) is 35.4. The average molecular weight is 1580 g/mol. The predicted molar refractivity (Wildman–Crippen MR) is 396 cm³/mol. The summed E-state index contributed by atoms with van der Waals surface area (Å²) in [5, 5.41) is 28.8. The molecule has 7 aromatic rings. The first-order valence-corrected chi connectivity index (χ1v) is 35.4. The standard InChI is InChI=1S/C25H26F3NO4.C24H24F3NO4.C24H26F3NO4.C11H8F2O3/c1-14-7-16-10-20-21(33-13-32-20)11-17(16)24(29(14)12-25(2,3)28)23-18(26)8-15(9-19(23)27)5-6-22(30)31-4;1-13-6-15-9-19-20(32-12-31-19)10-16(15)23(28(13)11-24(2,3)27)22-17(25)7-14(8-18(22)26)4-5-21(29)30;1-13-7-15-10-19(29)20(30)11-16(15)23(28(13)12-24(2,3)27)22-17(25)8-14(9-18(22)26)5-6-21(31)32-4;1-16-11(15)3-2-7-4-9(12)8(6-14)10(13)5-7/h5-6,8-11,14,24H,7,12-13H2,1-4H3;4-5,7-10,13,23H,6,11-12H2,1-3H3,(H,29,30);5-6,8-11,13,23,29-30H,7,12H2,1-4H3;2-6H,1H3/b6-5+;5-4+;6-5+;3-2+. The van der Waals surface area contributed by atoms with Crippen LogP contribution in [0.4, 0.5) is 48.3 Å². The summed E-state index contributed by atoms with van der Waals surface area (Å²) in [5.41, 5.74) is -1.66. The Labute approximate surface area is 644 Å². The fourth-order valence-electron chi connectivity index (χ4n) is 14.1. The third-order valence-corrected chi connectivity index (χ3v) is 18.9. The number of esters is 3. The van der Waals surface area contributed by atoms with Crippen LogP contribution in [0.1, 0.15) is 163 Å². The minimum Gasteiger partial charge on any atom is -0.504 e. The fraction of sp³-hybridized carbons (Fsp3) is 0.345. The maximum Gasteiger partial charge on any atom is 0.330 e. The van der Waals surface area contributed by atoms with Gasteiger partial charge in [-0.25, -0.2) is 67.5 Å². The Hall–Kier alpha value is -11.0. The summed E-state index contributed by atoms with van der Waals surface area (Å²) < 4.78 is 198. The lowest BCUT2D eigenvalue weighted by atomic mass is 9.83. The van der Waals surface area contributed by atoms with Crippen molar-refractivity contribution in [3.63, 3.8) is 0 Å². The number of rotatable bonds is 18. The summed E-state index contributed by atoms with van der Waals surface area (Å²) in [6.45, 7) is 14.1. The van der Waals surface area contributed by atoms with Crippen molar-refractivity contribution >= 4 is 54.5 Å². The van der Waals surface area contributed by atoms with Crippen LogP contribution in [0, 0.1) is 46.5 Å². The molecule has 12 rings (SSSR count). The first kappa shape index (κ1) is 86.0. The van der Waals surface area contributed by atoms with Gasteiger partial charge in [-0.15, -0.1) is 0 Å². The fourth-order valence-corrected chi connectivity index (χ4v) is 14.1. The van der Waals surface area contributed by atoms with Crippen LogP contribution in [-0.2, 0) is 52.7 Å². The molecule has 0 bridgehead atoms. The van der Waals surface area contributed by atoms with Gasteiger partial charge < -0.3 is 48.5 Å². The van der Waals surface area contributed by atoms with E-state index in [1.54, 1.807) is 26.8 Å². The number of carbonyl (C=O) groups is 5. The number of alkyl halides is 3. The minimum absolute atomic E-state index is 0.0183. The van der Waals surface area contributed by atoms with Crippen LogP contribution in [0.15, 0.2) is 109 Å². The number of carboxylic acids is 1. The molecular weight excluding hydrogens is 1500 g/mol. The maximum absolute atomic E-state index is 15.4. The summed E-state index contributed by atoms with van der Waals surface area (Å²) in [5.74, 6) is -8.76. The number of hydrogen-bond acceptors (Lipinski definition) is 17. The molecule has 0 aliphatic carbocycles. The molecule has 6 unspecified atom stereocenters. The van der Waals surface area contributed by atoms with E-state index < -0.39 is 117 Å². The average Bonchev–Trinajstić information content (AvgIpc) is 1.44. The normalized spacial score (nSPS) is 18.6. The lowest BCUT2D eigenvalue weighted by molar-refractivity contribution is -0.135. The van der Waals surface area contributed by atoms with Crippen molar-refractivity contribution in [3.05, 3.63) is 234 Å². The number of phenols is 2. The maximum atomic E-state index is 15.4. The van der Waals surface area contributed by atoms with E-state index in [-0.39, 0.29) is 102 Å². The third kappa shape index (κ3) is 21.2. The molecule has 0 radical (unpaired) electrons. The molecule has 113 heavy (non-hydrogen) atoms. The molecule has 0 amide bonds. The second-order valence-corrected chi connectivity index (χ2v) is 29.3. The van der Waals surface area contributed by atoms with E-state index in [4.69, 9.17) is 24.1 Å². The first-order chi connectivity index (χ1) is 53.1. The van der Waals surface area contributed by atoms with Gasteiger partial charge in [0.15, 0.2) is 40.8 Å². The number of fused-ring (bicyclic) bond motifs is 5. The molecule has 0 saturated carbocycles. The van der Waals surface area contributed by atoms with Gasteiger partial charge in [0.2, 0.25) is 13.6 Å². The van der Waals surface area contributed by atoms with Gasteiger partial charge in [0, 0.05) is 78.8 Å². The molecule has 18 nitrogen and oxygen atoms in total. The van der Waals surface area contributed by atoms with Gasteiger partial charge in [-0.3, -0.25) is 19.5 Å². The molecular formula is C84H84F11N3O15. The molecule has 5 aliphatic heterocycles. The molecule has 602 valence electrons. The van der Waals surface area contributed by atoms with Crippen molar-refractivity contribution in [1.82, 2.24) is 14.7 Å². The van der Waals surface area contributed by atoms with Crippen molar-refractivity contribution in [2.24, 2.45) is 0 Å². The quantitative estimate of drug-likeness (QED) is 0.0182. The van der Waals surface area contributed by atoms with Crippen molar-refractivity contribution < 1.29 is 121 Å². The van der Waals surface area contributed by atoms with Crippen LogP contribution in [-0.4, -0.2) is 150 Å². The van der Waals surface area contributed by atoms with Crippen molar-refractivity contribution in [1.29, 1.82) is 0 Å². The molecule has 3 N–H and O–H groups in total. The van der Waals surface area contributed by atoms with Crippen molar-refractivity contribution in [2.45, 2.75) is 135 Å². The highest BCUT2D eigenvalue weighted by atomic mass is 19.2. The highest BCUT2D eigenvalue weighted by molar-refractivity contribution is 5.88. The third-order valence-electron chi connectivity index (χ3n) is 18.9. The van der Waals surface area contributed by atoms with Gasteiger partial charge >= 0.3 is 23.9 Å². The summed E-state index contributed by atoms with van der Waals surface area (Å²) in [6.07, 6.45) is 10.4. The Morgan fingerprint density at radius 2 is 0.673 bits per heavy atom. The summed E-state index contributed by atoms with van der Waals surface area (Å²) in [7, 11) is 3.58. The zero-order chi connectivity index (χ0) is 83.0. The van der Waals surface area contributed by atoms with Gasteiger partial charge in [0.05, 0.1) is 45.0 Å². The highest BCUT2D eigenvalue weighted by Crippen LogP contribution is 2.50. The van der Waals surface area contributed by atoms with E-state index in [2.05, 4.69) is 14.2 Å². The number of carbonyl (C=O) groups excluding carboxylic acids is 4. The number of nitrogens with zero attached hydrogens (tertiary/aromatic N) is 3. The highest BCUT2D eigenvalue weighted by Gasteiger charge is 2.44. The number of hydrogen-bond donors (Lipinski definition) is 3. The molecule has 5 aliphatic rings. The van der Waals surface area contributed by atoms with Crippen LogP contribution in [0.3, 0.4) is 0 Å². The van der Waals surface area contributed by atoms with E-state index in [0.717, 1.165) is 90.0 Å². The van der Waals surface area contributed by atoms with Gasteiger partial charge in [-0.1, -0.05) is 0 Å². The van der Waals surface area contributed by atoms with Crippen LogP contribution in [0.25, 0.3) is 24.3 Å². The Morgan fingerprint density at radius 3 is 0.947 bits per heavy atom. The number of aromatic hydroxyl groups is 2. The molecule has 0 fully saturated rings. The smallest absolute Gasteiger partial charge is 0.330 e. The number of aliphatic carboxylic acids is 1. The largest absolute Gasteiger partial charge is 0.504 e. The second-order valence-electron chi connectivity index (χ2n) is 29.3. The van der Waals surface area contributed by atoms with E-state index in [0.29, 0.717) is 64.5 Å². The van der Waals surface area contributed by atoms with E-state index in [1.807, 2.05) is 32.9 Å². The van der Waals surface area contributed by atoms with Crippen molar-refractivity contribution in [3.8, 4) is 34.5 Å². The molecule has 5 heterocycles. The van der Waals surface area contributed by atoms with Crippen LogP contribution < -0.4 is 18.9 Å². The monoisotopic (exact) mass is 1580 g/mol. The summed E-state index contributed by atoms with van der Waals surface area (Å²) >= 11 is 0. The summed E-state index contributed by atoms with van der Waals surface area (Å²) in [6, 6.07) is 14.8. The molecule has 7 aromatic carbocycles. The zero-order valence-corrected chi connectivity index (χ0v) is 63.6. The number of halogens is 11. The summed E-state index contributed by atoms with van der Waals surface area (Å²) in [4.78, 5) is 59.6. The van der Waals surface area contributed by atoms with Crippen LogP contribution in [0.2, 0.25) is 0 Å². The Kier molecular flexibility index (Phi) is 27.2. The molecule has 6 atom stereocenters. The SMILES string of the molecule is CC1Cc2cc3c(cc2C(c2c(F)cc(/C=C/C(=O)O)cc2F)N1CC(C)(C)F)OCO3.COC(=O)/C=C/c1cc(F)c(C2c3cc(O)c(O)cc3CC(C)N2CC(C)(C)F)c(F)c1.COC(=O)/C=C/c1cc(F)c(C2c3cc4c(cc3CC(C)N2CC(C)(C)F)OCO4)c(F)c1.COC(=O)/C=C/c1cc(F)c(C=O)c(F)c1. The topological polar surface area (TPSA) is 220 Å². The number of benzene rings is 7. The number of ether oxygens (including phenoxy) is 7. The van der Waals surface area contributed by atoms with Crippen LogP contribution in [0.5, 0.6) is 34.5 Å². The molecule has 0 aromatic heterocycles. The van der Waals surface area contributed by atoms with Crippen LogP contribution >= 0.6 is 0 Å². The number of phenolic OH excluding ortho intramolecular Hbond substituents is 2.